The second kappa shape index (κ2) is 10.6. The van der Waals surface area contributed by atoms with E-state index in [0.29, 0.717) is 30.5 Å². The number of unbranched alkanes of at least 4 members (excludes halogenated alkanes) is 2. The van der Waals surface area contributed by atoms with Gasteiger partial charge in [-0.3, -0.25) is 0 Å². The van der Waals surface area contributed by atoms with E-state index in [9.17, 15) is 30.7 Å². The zero-order chi connectivity index (χ0) is 26.0. The second-order valence-corrected chi connectivity index (χ2v) is 9.96. The van der Waals surface area contributed by atoms with Crippen molar-refractivity contribution in [3.05, 3.63) is 93.4 Å². The summed E-state index contributed by atoms with van der Waals surface area (Å²) in [4.78, 5) is 1.33. The molecule has 0 N–H and O–H groups in total. The van der Waals surface area contributed by atoms with E-state index in [-0.39, 0.29) is 0 Å². The molecule has 0 aliphatic carbocycles. The fraction of sp³-hybridized carbons (Fsp3) is 0.286. The van der Waals surface area contributed by atoms with Crippen molar-refractivity contribution in [3.8, 4) is 11.1 Å². The Bertz CT molecular complexity index is 1340. The Kier molecular flexibility index (Phi) is 7.73. The van der Waals surface area contributed by atoms with Crippen LogP contribution >= 0.6 is 11.3 Å². The molecule has 0 spiro atoms. The molecule has 0 unspecified atom stereocenters. The topological polar surface area (TPSA) is 0 Å². The van der Waals surface area contributed by atoms with Crippen molar-refractivity contribution in [3.63, 3.8) is 0 Å². The molecule has 0 fully saturated rings. The quantitative estimate of drug-likeness (QED) is 0.159. The molecule has 36 heavy (non-hydrogen) atoms. The molecule has 0 radical (unpaired) electrons. The number of halogens is 7. The highest BCUT2D eigenvalue weighted by Crippen LogP contribution is 2.37. The Hall–Kier alpha value is -2.87. The van der Waals surface area contributed by atoms with Gasteiger partial charge in [0.2, 0.25) is 0 Å². The molecular formula is C28H23F7S. The number of rotatable bonds is 8. The van der Waals surface area contributed by atoms with E-state index in [4.69, 9.17) is 0 Å². The molecule has 0 aliphatic rings. The molecule has 0 aliphatic heterocycles. The van der Waals surface area contributed by atoms with Crippen molar-refractivity contribution < 1.29 is 30.7 Å². The molecular weight excluding hydrogens is 501 g/mol. The highest BCUT2D eigenvalue weighted by molar-refractivity contribution is 7.19. The molecule has 0 nitrogen and oxygen atoms in total. The maximum atomic E-state index is 14.8. The van der Waals surface area contributed by atoms with Crippen LogP contribution in [0.3, 0.4) is 0 Å². The van der Waals surface area contributed by atoms with Crippen molar-refractivity contribution >= 4 is 21.4 Å². The van der Waals surface area contributed by atoms with Crippen molar-refractivity contribution in [1.29, 1.82) is 0 Å². The van der Waals surface area contributed by atoms with Gasteiger partial charge in [-0.1, -0.05) is 31.9 Å². The van der Waals surface area contributed by atoms with Crippen LogP contribution in [0.15, 0.2) is 48.5 Å². The molecule has 0 saturated heterocycles. The smallest absolute Gasteiger partial charge is 0.206 e. The number of hydrogen-bond acceptors (Lipinski definition) is 1. The predicted molar refractivity (Wildman–Crippen MR) is 129 cm³/mol. The van der Waals surface area contributed by atoms with E-state index in [1.807, 2.05) is 12.1 Å². The van der Waals surface area contributed by atoms with Crippen molar-refractivity contribution in [2.75, 3.05) is 0 Å². The normalized spacial score (nSPS) is 12.0. The van der Waals surface area contributed by atoms with E-state index >= 15 is 0 Å². The zero-order valence-corrected chi connectivity index (χ0v) is 20.2. The molecule has 190 valence electrons. The molecule has 4 rings (SSSR count). The van der Waals surface area contributed by atoms with E-state index in [2.05, 4.69) is 19.1 Å². The molecule has 0 atom stereocenters. The van der Waals surface area contributed by atoms with Crippen LogP contribution in [0.1, 0.15) is 47.8 Å². The lowest BCUT2D eigenvalue weighted by Gasteiger charge is -2.13. The van der Waals surface area contributed by atoms with E-state index in [1.54, 1.807) is 11.3 Å². The average Bonchev–Trinajstić information content (AvgIpc) is 3.18. The maximum Gasteiger partial charge on any atom is 0.422 e. The van der Waals surface area contributed by atoms with Crippen molar-refractivity contribution in [2.24, 2.45) is 0 Å². The van der Waals surface area contributed by atoms with Gasteiger partial charge < -0.3 is 0 Å². The zero-order valence-electron chi connectivity index (χ0n) is 19.4. The Labute approximate surface area is 208 Å². The van der Waals surface area contributed by atoms with E-state index in [0.717, 1.165) is 47.0 Å². The minimum atomic E-state index is -5.27. The second-order valence-electron chi connectivity index (χ2n) is 8.79. The van der Waals surface area contributed by atoms with Crippen LogP contribution in [0.25, 0.3) is 21.2 Å². The van der Waals surface area contributed by atoms with Gasteiger partial charge in [0, 0.05) is 9.58 Å². The van der Waals surface area contributed by atoms with Gasteiger partial charge >= 0.3 is 6.18 Å². The minimum absolute atomic E-state index is 0.291. The summed E-state index contributed by atoms with van der Waals surface area (Å²) >= 11 is 1.74. The Morgan fingerprint density at radius 1 is 0.694 bits per heavy atom. The summed E-state index contributed by atoms with van der Waals surface area (Å²) in [6, 6.07) is 10.9. The van der Waals surface area contributed by atoms with Crippen LogP contribution in [0.4, 0.5) is 30.7 Å². The lowest BCUT2D eigenvalue weighted by atomic mass is 9.97. The van der Waals surface area contributed by atoms with Crippen LogP contribution in [0.2, 0.25) is 0 Å². The number of alkyl halides is 3. The largest absolute Gasteiger partial charge is 0.422 e. The number of aryl methyl sites for hydroxylation is 3. The monoisotopic (exact) mass is 524 g/mol. The molecule has 1 heterocycles. The lowest BCUT2D eigenvalue weighted by Crippen LogP contribution is -2.11. The third kappa shape index (κ3) is 5.75. The number of hydrogen-bond donors (Lipinski definition) is 0. The summed E-state index contributed by atoms with van der Waals surface area (Å²) in [6.45, 7) is 2.16. The van der Waals surface area contributed by atoms with Crippen LogP contribution in [0, 0.1) is 23.3 Å². The third-order valence-electron chi connectivity index (χ3n) is 6.08. The Morgan fingerprint density at radius 2 is 1.33 bits per heavy atom. The number of benzene rings is 3. The summed E-state index contributed by atoms with van der Waals surface area (Å²) < 4.78 is 96.9. The SMILES string of the molecule is CCCCCc1cc2ccc(CCc3cc(F)c(-c4cc(F)c(C(F)(F)F)c(F)c4)c(F)c3)cc2s1. The first-order chi connectivity index (χ1) is 17.1. The molecule has 3 aromatic carbocycles. The van der Waals surface area contributed by atoms with Gasteiger partial charge in [-0.15, -0.1) is 11.3 Å². The number of thiophene rings is 1. The number of fused-ring (bicyclic) bond motifs is 1. The fourth-order valence-electron chi connectivity index (χ4n) is 4.28. The van der Waals surface area contributed by atoms with Crippen molar-refractivity contribution in [2.45, 2.75) is 51.6 Å². The summed E-state index contributed by atoms with van der Waals surface area (Å²) in [5.74, 6) is -6.07. The first-order valence-electron chi connectivity index (χ1n) is 11.6. The molecule has 1 aromatic heterocycles. The molecule has 0 bridgehead atoms. The van der Waals surface area contributed by atoms with Gasteiger partial charge in [0.1, 0.15) is 28.8 Å². The fourth-order valence-corrected chi connectivity index (χ4v) is 5.45. The van der Waals surface area contributed by atoms with Gasteiger partial charge in [-0.25, -0.2) is 17.6 Å². The van der Waals surface area contributed by atoms with Gasteiger partial charge in [0.15, 0.2) is 0 Å². The standard InChI is InChI=1S/C28H23F7S/c1-2-3-4-5-20-13-18-9-8-16(12-25(18)36-20)6-7-17-10-21(29)26(22(30)11-17)19-14-23(31)27(24(32)15-19)28(33,34)35/h8-15H,2-7H2,1H3. The summed E-state index contributed by atoms with van der Waals surface area (Å²) in [7, 11) is 0. The van der Waals surface area contributed by atoms with Crippen LogP contribution in [-0.4, -0.2) is 0 Å². The molecule has 8 heteroatoms. The van der Waals surface area contributed by atoms with E-state index < -0.39 is 46.1 Å². The third-order valence-corrected chi connectivity index (χ3v) is 7.24. The highest BCUT2D eigenvalue weighted by Gasteiger charge is 2.38. The van der Waals surface area contributed by atoms with Crippen LogP contribution < -0.4 is 0 Å². The van der Waals surface area contributed by atoms with Crippen LogP contribution in [0.5, 0.6) is 0 Å². The summed E-state index contributed by atoms with van der Waals surface area (Å²) in [6.07, 6.45) is 0.0972. The first-order valence-corrected chi connectivity index (χ1v) is 12.4. The Morgan fingerprint density at radius 3 is 1.94 bits per heavy atom. The van der Waals surface area contributed by atoms with Gasteiger partial charge in [0.05, 0.1) is 5.56 Å². The molecule has 4 aromatic rings. The van der Waals surface area contributed by atoms with Gasteiger partial charge in [0.25, 0.3) is 0 Å². The minimum Gasteiger partial charge on any atom is -0.206 e. The average molecular weight is 525 g/mol. The first kappa shape index (κ1) is 26.2. The molecule has 0 saturated carbocycles. The highest BCUT2D eigenvalue weighted by atomic mass is 32.1. The maximum absolute atomic E-state index is 14.8. The van der Waals surface area contributed by atoms with Crippen molar-refractivity contribution in [1.82, 2.24) is 0 Å². The summed E-state index contributed by atoms with van der Waals surface area (Å²) in [5, 5.41) is 1.16. The predicted octanol–water partition coefficient (Wildman–Crippen LogP) is 9.66. The van der Waals surface area contributed by atoms with E-state index in [1.165, 1.54) is 11.3 Å². The lowest BCUT2D eigenvalue weighted by molar-refractivity contribution is -0.142. The molecule has 0 amide bonds. The van der Waals surface area contributed by atoms with Gasteiger partial charge in [-0.2, -0.15) is 13.2 Å². The Balaban J connectivity index is 1.52. The summed E-state index contributed by atoms with van der Waals surface area (Å²) in [5.41, 5.74) is -2.19. The van der Waals surface area contributed by atoms with Crippen LogP contribution in [-0.2, 0) is 25.4 Å². The van der Waals surface area contributed by atoms with Gasteiger partial charge in [-0.05, 0) is 84.2 Å².